The molecule has 18 heavy (non-hydrogen) atoms. The van der Waals surface area contributed by atoms with E-state index in [9.17, 15) is 0 Å². The van der Waals surface area contributed by atoms with E-state index in [1.54, 1.807) is 0 Å². The lowest BCUT2D eigenvalue weighted by Crippen LogP contribution is -1.96. The Labute approximate surface area is 107 Å². The third-order valence-corrected chi connectivity index (χ3v) is 3.89. The van der Waals surface area contributed by atoms with Crippen molar-refractivity contribution in [3.05, 3.63) is 35.5 Å². The van der Waals surface area contributed by atoms with Gasteiger partial charge in [0.25, 0.3) is 0 Å². The molecular weight excluding hydrogens is 222 g/mol. The summed E-state index contributed by atoms with van der Waals surface area (Å²) in [4.78, 5) is 0. The highest BCUT2D eigenvalue weighted by atomic mass is 15.2. The number of nitrogen functional groups attached to an aromatic ring is 1. The van der Waals surface area contributed by atoms with E-state index >= 15 is 0 Å². The molecule has 0 atom stereocenters. The number of H-pyrrole nitrogens is 1. The van der Waals surface area contributed by atoms with E-state index in [1.807, 2.05) is 0 Å². The second-order valence-corrected chi connectivity index (χ2v) is 5.25. The maximum atomic E-state index is 6.05. The Hall–Kier alpha value is -1.77. The third kappa shape index (κ3) is 1.90. The third-order valence-electron chi connectivity index (χ3n) is 3.89. The van der Waals surface area contributed by atoms with Gasteiger partial charge in [0, 0.05) is 17.2 Å². The molecule has 0 aliphatic heterocycles. The van der Waals surface area contributed by atoms with Crippen LogP contribution < -0.4 is 5.73 Å². The van der Waals surface area contributed by atoms with Crippen molar-refractivity contribution in [1.29, 1.82) is 0 Å². The van der Waals surface area contributed by atoms with Gasteiger partial charge in [0.2, 0.25) is 0 Å². The number of aromatic nitrogens is 2. The molecule has 3 rings (SSSR count). The molecule has 1 fully saturated rings. The fourth-order valence-electron chi connectivity index (χ4n) is 2.98. The number of aryl methyl sites for hydroxylation is 1. The number of benzene rings is 1. The Balaban J connectivity index is 2.07. The zero-order valence-corrected chi connectivity index (χ0v) is 10.7. The lowest BCUT2D eigenvalue weighted by molar-refractivity contribution is 0.694. The summed E-state index contributed by atoms with van der Waals surface area (Å²) in [6, 6.07) is 8.48. The van der Waals surface area contributed by atoms with Crippen LogP contribution in [0.3, 0.4) is 0 Å². The fraction of sp³-hybridized carbons (Fsp3) is 0.400. The first-order valence-corrected chi connectivity index (χ1v) is 6.66. The zero-order valence-electron chi connectivity index (χ0n) is 10.7. The summed E-state index contributed by atoms with van der Waals surface area (Å²) in [6.45, 7) is 2.11. The number of hydrogen-bond acceptors (Lipinski definition) is 2. The largest absolute Gasteiger partial charge is 0.382 e. The number of anilines is 1. The van der Waals surface area contributed by atoms with Gasteiger partial charge in [-0.05, 0) is 25.3 Å². The first kappa shape index (κ1) is 11.3. The molecule has 0 unspecified atom stereocenters. The molecule has 3 N–H and O–H groups in total. The van der Waals surface area contributed by atoms with E-state index in [2.05, 4.69) is 41.4 Å². The van der Waals surface area contributed by atoms with Gasteiger partial charge in [-0.15, -0.1) is 0 Å². The van der Waals surface area contributed by atoms with Crippen molar-refractivity contribution in [2.24, 2.45) is 0 Å². The van der Waals surface area contributed by atoms with Crippen molar-refractivity contribution in [2.45, 2.75) is 38.5 Å². The SMILES string of the molecule is Cc1cccc(-c2c(N)n[nH]c2C2CCCC2)c1. The Morgan fingerprint density at radius 3 is 2.78 bits per heavy atom. The van der Waals surface area contributed by atoms with E-state index < -0.39 is 0 Å². The molecule has 3 heteroatoms. The highest BCUT2D eigenvalue weighted by Gasteiger charge is 2.24. The molecule has 0 radical (unpaired) electrons. The summed E-state index contributed by atoms with van der Waals surface area (Å²) in [5.74, 6) is 1.23. The Morgan fingerprint density at radius 2 is 2.06 bits per heavy atom. The zero-order chi connectivity index (χ0) is 12.5. The van der Waals surface area contributed by atoms with Gasteiger partial charge in [-0.3, -0.25) is 5.10 Å². The van der Waals surface area contributed by atoms with Crippen molar-refractivity contribution in [3.8, 4) is 11.1 Å². The Kier molecular flexibility index (Phi) is 2.82. The lowest BCUT2D eigenvalue weighted by atomic mass is 9.95. The van der Waals surface area contributed by atoms with E-state index in [0.717, 1.165) is 5.56 Å². The van der Waals surface area contributed by atoms with Crippen LogP contribution in [0, 0.1) is 6.92 Å². The molecule has 1 saturated carbocycles. The van der Waals surface area contributed by atoms with Crippen molar-refractivity contribution in [1.82, 2.24) is 10.2 Å². The minimum Gasteiger partial charge on any atom is -0.382 e. The number of nitrogens with two attached hydrogens (primary N) is 1. The van der Waals surface area contributed by atoms with Gasteiger partial charge >= 0.3 is 0 Å². The van der Waals surface area contributed by atoms with Gasteiger partial charge in [0.1, 0.15) is 0 Å². The molecule has 0 saturated heterocycles. The molecule has 1 aromatic carbocycles. The molecular formula is C15H19N3. The van der Waals surface area contributed by atoms with Crippen LogP contribution in [0.5, 0.6) is 0 Å². The standard InChI is InChI=1S/C15H19N3/c1-10-5-4-8-12(9-10)13-14(17-18-15(13)16)11-6-2-3-7-11/h4-5,8-9,11H,2-3,6-7H2,1H3,(H3,16,17,18). The second kappa shape index (κ2) is 4.48. The summed E-state index contributed by atoms with van der Waals surface area (Å²) in [6.07, 6.45) is 5.13. The second-order valence-electron chi connectivity index (χ2n) is 5.25. The van der Waals surface area contributed by atoms with E-state index in [-0.39, 0.29) is 0 Å². The molecule has 3 nitrogen and oxygen atoms in total. The summed E-state index contributed by atoms with van der Waals surface area (Å²) in [7, 11) is 0. The molecule has 2 aromatic rings. The molecule has 94 valence electrons. The smallest absolute Gasteiger partial charge is 0.153 e. The van der Waals surface area contributed by atoms with Crippen LogP contribution in [-0.2, 0) is 0 Å². The molecule has 1 aliphatic carbocycles. The minimum atomic E-state index is 0.602. The maximum absolute atomic E-state index is 6.05. The number of rotatable bonds is 2. The molecule has 0 spiro atoms. The predicted molar refractivity (Wildman–Crippen MR) is 74.4 cm³/mol. The molecule has 1 heterocycles. The monoisotopic (exact) mass is 241 g/mol. The molecule has 0 bridgehead atoms. The van der Waals surface area contributed by atoms with Crippen LogP contribution in [0.1, 0.15) is 42.9 Å². The van der Waals surface area contributed by atoms with E-state index in [4.69, 9.17) is 5.73 Å². The van der Waals surface area contributed by atoms with Gasteiger partial charge in [-0.1, -0.05) is 42.7 Å². The summed E-state index contributed by atoms with van der Waals surface area (Å²) >= 11 is 0. The van der Waals surface area contributed by atoms with E-state index in [0.29, 0.717) is 11.7 Å². The lowest BCUT2D eigenvalue weighted by Gasteiger charge is -2.10. The predicted octanol–water partition coefficient (Wildman–Crippen LogP) is 3.62. The summed E-state index contributed by atoms with van der Waals surface area (Å²) in [5, 5.41) is 7.38. The van der Waals surface area contributed by atoms with Gasteiger partial charge in [0.05, 0.1) is 0 Å². The average Bonchev–Trinajstić information content (AvgIpc) is 2.97. The van der Waals surface area contributed by atoms with Gasteiger partial charge in [-0.2, -0.15) is 5.10 Å². The number of hydrogen-bond donors (Lipinski definition) is 2. The topological polar surface area (TPSA) is 54.7 Å². The van der Waals surface area contributed by atoms with Crippen molar-refractivity contribution in [2.75, 3.05) is 5.73 Å². The van der Waals surface area contributed by atoms with Crippen LogP contribution in [0.15, 0.2) is 24.3 Å². The van der Waals surface area contributed by atoms with Crippen LogP contribution in [0.4, 0.5) is 5.82 Å². The molecule has 0 amide bonds. The van der Waals surface area contributed by atoms with Gasteiger partial charge in [0.15, 0.2) is 5.82 Å². The number of aromatic amines is 1. The highest BCUT2D eigenvalue weighted by molar-refractivity contribution is 5.77. The van der Waals surface area contributed by atoms with Crippen LogP contribution in [0.25, 0.3) is 11.1 Å². The quantitative estimate of drug-likeness (QED) is 0.843. The van der Waals surface area contributed by atoms with E-state index in [1.165, 1.54) is 42.5 Å². The summed E-state index contributed by atoms with van der Waals surface area (Å²) in [5.41, 5.74) is 10.8. The van der Waals surface area contributed by atoms with Crippen molar-refractivity contribution >= 4 is 5.82 Å². The Bertz CT molecular complexity index is 551. The average molecular weight is 241 g/mol. The maximum Gasteiger partial charge on any atom is 0.153 e. The van der Waals surface area contributed by atoms with Crippen LogP contribution in [-0.4, -0.2) is 10.2 Å². The van der Waals surface area contributed by atoms with Crippen LogP contribution in [0.2, 0.25) is 0 Å². The number of nitrogens with one attached hydrogen (secondary N) is 1. The summed E-state index contributed by atoms with van der Waals surface area (Å²) < 4.78 is 0. The van der Waals surface area contributed by atoms with Crippen molar-refractivity contribution in [3.63, 3.8) is 0 Å². The van der Waals surface area contributed by atoms with Gasteiger partial charge in [-0.25, -0.2) is 0 Å². The van der Waals surface area contributed by atoms with Gasteiger partial charge < -0.3 is 5.73 Å². The fourth-order valence-corrected chi connectivity index (χ4v) is 2.98. The van der Waals surface area contributed by atoms with Crippen LogP contribution >= 0.6 is 0 Å². The minimum absolute atomic E-state index is 0.602. The first-order valence-electron chi connectivity index (χ1n) is 6.66. The molecule has 1 aliphatic rings. The van der Waals surface area contributed by atoms with Crippen molar-refractivity contribution < 1.29 is 0 Å². The Morgan fingerprint density at radius 1 is 1.28 bits per heavy atom. The molecule has 1 aromatic heterocycles. The first-order chi connectivity index (χ1) is 8.75. The normalized spacial score (nSPS) is 16.3. The number of nitrogens with zero attached hydrogens (tertiary/aromatic N) is 1. The highest BCUT2D eigenvalue weighted by Crippen LogP contribution is 2.40.